The van der Waals surface area contributed by atoms with Gasteiger partial charge in [-0.3, -0.25) is 0 Å². The van der Waals surface area contributed by atoms with Crippen molar-refractivity contribution >= 4 is 0 Å². The van der Waals surface area contributed by atoms with Crippen molar-refractivity contribution in [3.05, 3.63) is 0 Å². The summed E-state index contributed by atoms with van der Waals surface area (Å²) in [5.74, 6) is 1.05. The Balaban J connectivity index is 1.95. The van der Waals surface area contributed by atoms with Gasteiger partial charge < -0.3 is 5.32 Å². The standard InChI is InChI=1S/C11H21N/c1-2-11(6-3-7-11)10-4-8-12-9-5-10/h10,12H,2-9H2,1H3. The highest BCUT2D eigenvalue weighted by atomic mass is 14.9. The van der Waals surface area contributed by atoms with Gasteiger partial charge >= 0.3 is 0 Å². The average Bonchev–Trinajstić information content (AvgIpc) is 2.05. The highest BCUT2D eigenvalue weighted by molar-refractivity contribution is 4.93. The summed E-state index contributed by atoms with van der Waals surface area (Å²) in [6, 6.07) is 0. The maximum Gasteiger partial charge on any atom is -0.00461 e. The predicted octanol–water partition coefficient (Wildman–Crippen LogP) is 2.57. The molecule has 2 fully saturated rings. The Bertz CT molecular complexity index is 138. The number of hydrogen-bond donors (Lipinski definition) is 1. The molecule has 1 saturated heterocycles. The van der Waals surface area contributed by atoms with E-state index in [1.807, 2.05) is 0 Å². The Morgan fingerprint density at radius 1 is 1.25 bits per heavy atom. The maximum absolute atomic E-state index is 3.46. The van der Waals surface area contributed by atoms with Gasteiger partial charge in [0.25, 0.3) is 0 Å². The molecule has 0 aromatic rings. The van der Waals surface area contributed by atoms with Gasteiger partial charge in [0.1, 0.15) is 0 Å². The largest absolute Gasteiger partial charge is 0.317 e. The summed E-state index contributed by atoms with van der Waals surface area (Å²) in [5.41, 5.74) is 0.794. The molecule has 0 aromatic carbocycles. The van der Waals surface area contributed by atoms with Crippen LogP contribution in [0.4, 0.5) is 0 Å². The minimum absolute atomic E-state index is 0.794. The van der Waals surface area contributed by atoms with Crippen LogP contribution < -0.4 is 5.32 Å². The summed E-state index contributed by atoms with van der Waals surface area (Å²) in [4.78, 5) is 0. The number of rotatable bonds is 2. The molecule has 1 saturated carbocycles. The molecule has 2 rings (SSSR count). The van der Waals surface area contributed by atoms with Crippen LogP contribution in [-0.2, 0) is 0 Å². The van der Waals surface area contributed by atoms with Crippen molar-refractivity contribution in [2.45, 2.75) is 45.4 Å². The van der Waals surface area contributed by atoms with Crippen molar-refractivity contribution in [3.8, 4) is 0 Å². The molecule has 0 aromatic heterocycles. The second-order valence-corrected chi connectivity index (χ2v) is 4.59. The van der Waals surface area contributed by atoms with Crippen LogP contribution in [0.25, 0.3) is 0 Å². The molecule has 0 amide bonds. The van der Waals surface area contributed by atoms with E-state index in [1.54, 1.807) is 0 Å². The monoisotopic (exact) mass is 167 g/mol. The Hall–Kier alpha value is -0.0400. The number of nitrogens with one attached hydrogen (secondary N) is 1. The molecular formula is C11H21N. The van der Waals surface area contributed by atoms with Gasteiger partial charge in [-0.15, -0.1) is 0 Å². The zero-order chi connectivity index (χ0) is 8.44. The minimum atomic E-state index is 0.794. The van der Waals surface area contributed by atoms with E-state index in [4.69, 9.17) is 0 Å². The molecule has 1 nitrogen and oxygen atoms in total. The lowest BCUT2D eigenvalue weighted by Crippen LogP contribution is -2.42. The Morgan fingerprint density at radius 3 is 2.33 bits per heavy atom. The molecule has 0 bridgehead atoms. The van der Waals surface area contributed by atoms with E-state index >= 15 is 0 Å². The van der Waals surface area contributed by atoms with Gasteiger partial charge in [0.05, 0.1) is 0 Å². The normalized spacial score (nSPS) is 29.8. The highest BCUT2D eigenvalue weighted by Gasteiger charge is 2.42. The van der Waals surface area contributed by atoms with Crippen LogP contribution in [0.5, 0.6) is 0 Å². The predicted molar refractivity (Wildman–Crippen MR) is 52.2 cm³/mol. The SMILES string of the molecule is CCC1(C2CCNCC2)CCC1. The molecule has 1 heterocycles. The van der Waals surface area contributed by atoms with E-state index in [-0.39, 0.29) is 0 Å². The van der Waals surface area contributed by atoms with Crippen molar-refractivity contribution in [3.63, 3.8) is 0 Å². The molecule has 1 aliphatic heterocycles. The zero-order valence-corrected chi connectivity index (χ0v) is 8.23. The highest BCUT2D eigenvalue weighted by Crippen LogP contribution is 2.52. The molecule has 2 aliphatic rings. The third-order valence-electron chi connectivity index (χ3n) is 4.26. The third-order valence-corrected chi connectivity index (χ3v) is 4.26. The van der Waals surface area contributed by atoms with Gasteiger partial charge in [0.2, 0.25) is 0 Å². The van der Waals surface area contributed by atoms with Crippen molar-refractivity contribution in [1.29, 1.82) is 0 Å². The van der Waals surface area contributed by atoms with Crippen LogP contribution in [-0.4, -0.2) is 13.1 Å². The van der Waals surface area contributed by atoms with E-state index in [0.717, 1.165) is 11.3 Å². The first-order valence-corrected chi connectivity index (χ1v) is 5.58. The van der Waals surface area contributed by atoms with Crippen LogP contribution in [0.1, 0.15) is 45.4 Å². The summed E-state index contributed by atoms with van der Waals surface area (Å²) >= 11 is 0. The smallest absolute Gasteiger partial charge is 0.00461 e. The van der Waals surface area contributed by atoms with Crippen LogP contribution in [0.2, 0.25) is 0 Å². The second-order valence-electron chi connectivity index (χ2n) is 4.59. The Kier molecular flexibility index (Phi) is 2.40. The van der Waals surface area contributed by atoms with E-state index in [0.29, 0.717) is 0 Å². The molecule has 70 valence electrons. The molecule has 0 spiro atoms. The van der Waals surface area contributed by atoms with E-state index in [2.05, 4.69) is 12.2 Å². The van der Waals surface area contributed by atoms with E-state index in [9.17, 15) is 0 Å². The molecule has 1 N–H and O–H groups in total. The molecule has 1 heteroatoms. The van der Waals surface area contributed by atoms with Gasteiger partial charge in [-0.25, -0.2) is 0 Å². The van der Waals surface area contributed by atoms with Gasteiger partial charge in [-0.2, -0.15) is 0 Å². The molecular weight excluding hydrogens is 146 g/mol. The molecule has 0 radical (unpaired) electrons. The lowest BCUT2D eigenvalue weighted by atomic mass is 9.57. The molecule has 0 atom stereocenters. The van der Waals surface area contributed by atoms with Crippen LogP contribution in [0.3, 0.4) is 0 Å². The number of hydrogen-bond acceptors (Lipinski definition) is 1. The van der Waals surface area contributed by atoms with Crippen LogP contribution in [0.15, 0.2) is 0 Å². The van der Waals surface area contributed by atoms with Crippen molar-refractivity contribution in [2.75, 3.05) is 13.1 Å². The van der Waals surface area contributed by atoms with Gasteiger partial charge in [0.15, 0.2) is 0 Å². The fourth-order valence-electron chi connectivity index (χ4n) is 3.12. The second kappa shape index (κ2) is 3.37. The lowest BCUT2D eigenvalue weighted by molar-refractivity contribution is 0.0257. The van der Waals surface area contributed by atoms with Gasteiger partial charge in [-0.05, 0) is 50.1 Å². The summed E-state index contributed by atoms with van der Waals surface area (Å²) in [5, 5.41) is 3.46. The quantitative estimate of drug-likeness (QED) is 0.666. The maximum atomic E-state index is 3.46. The van der Waals surface area contributed by atoms with Crippen molar-refractivity contribution < 1.29 is 0 Å². The summed E-state index contributed by atoms with van der Waals surface area (Å²) in [6.07, 6.45) is 8.85. The van der Waals surface area contributed by atoms with E-state index < -0.39 is 0 Å². The Labute approximate surface area is 75.9 Å². The first-order chi connectivity index (χ1) is 5.87. The fourth-order valence-corrected chi connectivity index (χ4v) is 3.12. The number of piperidine rings is 1. The lowest BCUT2D eigenvalue weighted by Gasteiger charge is -2.49. The Morgan fingerprint density at radius 2 is 1.92 bits per heavy atom. The minimum Gasteiger partial charge on any atom is -0.317 e. The van der Waals surface area contributed by atoms with Crippen molar-refractivity contribution in [2.24, 2.45) is 11.3 Å². The van der Waals surface area contributed by atoms with Crippen LogP contribution >= 0.6 is 0 Å². The summed E-state index contributed by atoms with van der Waals surface area (Å²) in [7, 11) is 0. The third kappa shape index (κ3) is 1.28. The summed E-state index contributed by atoms with van der Waals surface area (Å²) < 4.78 is 0. The van der Waals surface area contributed by atoms with Crippen molar-refractivity contribution in [1.82, 2.24) is 5.32 Å². The zero-order valence-electron chi connectivity index (χ0n) is 8.23. The fraction of sp³-hybridized carbons (Fsp3) is 1.00. The first-order valence-electron chi connectivity index (χ1n) is 5.58. The van der Waals surface area contributed by atoms with Gasteiger partial charge in [0, 0.05) is 0 Å². The topological polar surface area (TPSA) is 12.0 Å². The van der Waals surface area contributed by atoms with Gasteiger partial charge in [-0.1, -0.05) is 19.8 Å². The molecule has 12 heavy (non-hydrogen) atoms. The molecule has 0 unspecified atom stereocenters. The molecule has 1 aliphatic carbocycles. The van der Waals surface area contributed by atoms with Crippen LogP contribution in [0, 0.1) is 11.3 Å². The first kappa shape index (κ1) is 8.55. The summed E-state index contributed by atoms with van der Waals surface area (Å²) in [6.45, 7) is 4.93. The average molecular weight is 167 g/mol. The van der Waals surface area contributed by atoms with E-state index in [1.165, 1.54) is 51.6 Å².